The summed E-state index contributed by atoms with van der Waals surface area (Å²) < 4.78 is 49.2. The Morgan fingerprint density at radius 3 is 0.767 bits per heavy atom. The molecule has 46 heteroatoms. The Hall–Kier alpha value is -12.7. The molecule has 0 saturated carbocycles. The van der Waals surface area contributed by atoms with Crippen LogP contribution in [0.15, 0.2) is 148 Å². The van der Waals surface area contributed by atoms with Crippen LogP contribution in [0.1, 0.15) is 116 Å². The van der Waals surface area contributed by atoms with Gasteiger partial charge in [-0.05, 0) is 93.5 Å². The highest BCUT2D eigenvalue weighted by molar-refractivity contribution is 7.93. The molecule has 12 heterocycles. The van der Waals surface area contributed by atoms with Gasteiger partial charge >= 0.3 is 24.1 Å². The number of pyridine rings is 8. The molecule has 0 aliphatic heterocycles. The Bertz CT molecular complexity index is 4920. The Morgan fingerprint density at radius 2 is 0.558 bits per heavy atom. The molecule has 4 atom stereocenters. The van der Waals surface area contributed by atoms with Crippen molar-refractivity contribution < 1.29 is 61.3 Å². The first kappa shape index (κ1) is 92.8. The van der Waals surface area contributed by atoms with Gasteiger partial charge in [-0.15, -0.1) is 19.2 Å². The number of urea groups is 4. The number of hydrogen-bond acceptors (Lipinski definition) is 29. The molecule has 12 aromatic rings. The van der Waals surface area contributed by atoms with Gasteiger partial charge in [0, 0.05) is 69.1 Å². The molecule has 0 saturated heterocycles. The third-order valence-corrected chi connectivity index (χ3v) is 16.8. The monoisotopic (exact) mass is 1750 g/mol. The van der Waals surface area contributed by atoms with Crippen molar-refractivity contribution in [3.05, 3.63) is 191 Å². The minimum Gasteiger partial charge on any atom is -0.506 e. The number of carbonyl (C=O) groups excluding carboxylic acids is 4. The smallest absolute Gasteiger partial charge is 0.323 e. The number of halogens is 5. The summed E-state index contributed by atoms with van der Waals surface area (Å²) in [6, 6.07) is 4.15. The summed E-state index contributed by atoms with van der Waals surface area (Å²) in [5.74, 6) is 2.93. The lowest BCUT2D eigenvalue weighted by Gasteiger charge is -2.21. The van der Waals surface area contributed by atoms with E-state index >= 15 is 0 Å². The molecular weight excluding hydrogens is 1670 g/mol. The lowest BCUT2D eigenvalue weighted by Crippen LogP contribution is -2.22. The van der Waals surface area contributed by atoms with E-state index in [9.17, 15) is 28.2 Å². The predicted molar refractivity (Wildman–Crippen MR) is 449 cm³/mol. The van der Waals surface area contributed by atoms with Crippen LogP contribution in [-0.2, 0) is 18.9 Å². The zero-order valence-corrected chi connectivity index (χ0v) is 70.9. The topological polar surface area (TPSA) is 475 Å². The van der Waals surface area contributed by atoms with Crippen molar-refractivity contribution in [1.29, 1.82) is 0 Å². The van der Waals surface area contributed by atoms with Crippen LogP contribution in [0, 0.1) is 0 Å². The number of ether oxygens (including phenoxy) is 7. The molecule has 12 aromatic heterocycles. The molecule has 9 N–H and O–H groups in total. The van der Waals surface area contributed by atoms with Crippen LogP contribution in [0.3, 0.4) is 0 Å². The number of nitrogens with zero attached hydrogens (tertiary/aromatic N) is 20. The van der Waals surface area contributed by atoms with E-state index in [1.807, 2.05) is 62.3 Å². The minimum atomic E-state index is -0.560. The van der Waals surface area contributed by atoms with E-state index in [2.05, 4.69) is 123 Å². The van der Waals surface area contributed by atoms with Gasteiger partial charge in [0.15, 0.2) is 23.3 Å². The number of nitrogens with one attached hydrogen (secondary N) is 8. The van der Waals surface area contributed by atoms with E-state index in [4.69, 9.17) is 79.6 Å². The molecule has 40 nitrogen and oxygen atoms in total. The van der Waals surface area contributed by atoms with E-state index in [1.54, 1.807) is 65.0 Å². The summed E-state index contributed by atoms with van der Waals surface area (Å²) in [5.41, 5.74) is 5.77. The second kappa shape index (κ2) is 45.9. The molecule has 0 aliphatic rings. The predicted octanol–water partition coefficient (Wildman–Crippen LogP) is 15.5. The fourth-order valence-electron chi connectivity index (χ4n) is 10.4. The van der Waals surface area contributed by atoms with E-state index in [0.717, 1.165) is 0 Å². The molecule has 120 heavy (non-hydrogen) atoms. The number of carbonyl (C=O) groups is 4. The summed E-state index contributed by atoms with van der Waals surface area (Å²) in [4.78, 5) is 88.2. The zero-order valence-electron chi connectivity index (χ0n) is 67.1. The number of anilines is 8. The molecular formula is C74H85Cl4FN28O12S. The second-order valence-corrected chi connectivity index (χ2v) is 27.2. The van der Waals surface area contributed by atoms with Gasteiger partial charge in [-0.25, -0.2) is 39.1 Å². The summed E-state index contributed by atoms with van der Waals surface area (Å²) in [5, 5.41) is 64.6. The van der Waals surface area contributed by atoms with Gasteiger partial charge in [-0.3, -0.25) is 19.9 Å². The van der Waals surface area contributed by atoms with Crippen LogP contribution < -0.4 is 56.7 Å². The molecule has 8 amide bonds. The highest BCUT2D eigenvalue weighted by Crippen LogP contribution is 2.38. The van der Waals surface area contributed by atoms with Gasteiger partial charge in [0.25, 0.3) is 0 Å². The number of methoxy groups -OCH3 is 4. The highest BCUT2D eigenvalue weighted by Gasteiger charge is 2.25. The maximum Gasteiger partial charge on any atom is 0.323 e. The Morgan fingerprint density at radius 1 is 0.350 bits per heavy atom. The van der Waals surface area contributed by atoms with Crippen molar-refractivity contribution >= 4 is 128 Å². The number of amides is 8. The maximum atomic E-state index is 12.6. The first-order chi connectivity index (χ1) is 57.6. The molecule has 0 aliphatic carbocycles. The highest BCUT2D eigenvalue weighted by atomic mass is 35.5. The van der Waals surface area contributed by atoms with Gasteiger partial charge < -0.3 is 80.8 Å². The molecule has 0 spiro atoms. The number of rotatable bonds is 26. The molecule has 0 radical (unpaired) electrons. The van der Waals surface area contributed by atoms with Gasteiger partial charge in [0.2, 0.25) is 0 Å². The molecule has 0 fully saturated rings. The largest absolute Gasteiger partial charge is 0.506 e. The van der Waals surface area contributed by atoms with Crippen molar-refractivity contribution in [3.63, 3.8) is 0 Å². The van der Waals surface area contributed by atoms with E-state index in [-0.39, 0.29) is 74.6 Å². The van der Waals surface area contributed by atoms with Crippen molar-refractivity contribution in [3.8, 4) is 46.3 Å². The second-order valence-electron chi connectivity index (χ2n) is 25.3. The van der Waals surface area contributed by atoms with E-state index in [1.165, 1.54) is 144 Å². The summed E-state index contributed by atoms with van der Waals surface area (Å²) in [6.45, 7) is 18.8. The van der Waals surface area contributed by atoms with Crippen LogP contribution >= 0.6 is 58.6 Å². The van der Waals surface area contributed by atoms with Gasteiger partial charge in [0.05, 0.1) is 232 Å². The summed E-state index contributed by atoms with van der Waals surface area (Å²) in [6.07, 6.45) is 29.8. The molecule has 0 bridgehead atoms. The van der Waals surface area contributed by atoms with Crippen molar-refractivity contribution in [2.75, 3.05) is 77.2 Å². The van der Waals surface area contributed by atoms with Crippen LogP contribution in [0.2, 0.25) is 20.1 Å². The fourth-order valence-corrected chi connectivity index (χ4v) is 11.4. The Labute approximate surface area is 711 Å². The number of aromatic hydroxyl groups is 1. The normalized spacial score (nSPS) is 11.8. The number of aromatic nitrogens is 20. The lowest BCUT2D eigenvalue weighted by molar-refractivity contribution is 0.114. The Balaban J connectivity index is 0.000000197. The van der Waals surface area contributed by atoms with E-state index in [0.29, 0.717) is 108 Å². The lowest BCUT2D eigenvalue weighted by atomic mass is 10.1. The first-order valence-electron chi connectivity index (χ1n) is 35.8. The number of hydrogen-bond donors (Lipinski definition) is 9. The molecule has 634 valence electrons. The first-order valence-corrected chi connectivity index (χ1v) is 38.5. The maximum absolute atomic E-state index is 12.6. The third kappa shape index (κ3) is 26.7. The van der Waals surface area contributed by atoms with Crippen molar-refractivity contribution in [2.24, 2.45) is 0 Å². The zero-order chi connectivity index (χ0) is 87.1. The molecule has 0 aromatic carbocycles. The third-order valence-electron chi connectivity index (χ3n) is 15.7. The molecule has 2 unspecified atom stereocenters. The minimum absolute atomic E-state index is 0.0605. The van der Waals surface area contributed by atoms with E-state index < -0.39 is 30.2 Å². The van der Waals surface area contributed by atoms with Crippen molar-refractivity contribution in [1.82, 2.24) is 99.8 Å². The van der Waals surface area contributed by atoms with Gasteiger partial charge in [-0.1, -0.05) is 46.4 Å². The molecule has 12 rings (SSSR count). The summed E-state index contributed by atoms with van der Waals surface area (Å²) in [7, 11) is 6.24. The average molecular weight is 1750 g/mol. The van der Waals surface area contributed by atoms with Gasteiger partial charge in [-0.2, -0.15) is 44.7 Å². The fraction of sp³-hybridized carbons (Fsp3) is 0.297. The van der Waals surface area contributed by atoms with Crippen LogP contribution in [0.4, 0.5) is 68.6 Å². The van der Waals surface area contributed by atoms with Crippen LogP contribution in [0.5, 0.6) is 23.0 Å². The average Bonchev–Trinajstić information content (AvgIpc) is 1.34. The van der Waals surface area contributed by atoms with Crippen molar-refractivity contribution in [2.45, 2.75) is 112 Å². The summed E-state index contributed by atoms with van der Waals surface area (Å²) >= 11 is 25.1. The SMILES string of the molecule is COC(C)c1c(NC(=O)Nc2cnc(-n3nccn3)c(Cl)c2)cncc1OC(C)C.COC(C)c1c(O)cncc1NC(=O)Nc1cnc(-n2nccn2)c(Cl)c1.CO[C@@H](C)c1c(NC(=O)Nc2cnc(-n3nccn3)c(Cl)c2)cncc1OC(C)C.CO[C@H](C)c1c(NC(=O)Nc2cnc(-n3nccn3)c(Cl)c2)cncc1OC(C)C.CSF. The van der Waals surface area contributed by atoms with Crippen LogP contribution in [-0.4, -0.2) is 182 Å². The quantitative estimate of drug-likeness (QED) is 0.0243. The van der Waals surface area contributed by atoms with Crippen LogP contribution in [0.25, 0.3) is 23.3 Å². The standard InChI is InChI=1S/3C19H22ClN7O3.C16H16ClN7O3.CH3FS/c3*1-11(2)30-16-10-21-9-15(17(16)12(3)29-4)26-19(28)25-13-7-14(20)18(22-8-13)27-23-5-6-24-27;1-9(27-2)14-12(7-18-8-13(14)25)23-16(26)22-10-5-11(17)15(19-6-10)24-20-3-4-21-24;1-3-2/h3*5-12H,1-4H3,(H2,25,26,28);3-9,25H,1-2H3,(H2,22,23,26);1H3/t2*12-;;;/m10.../s1. The Kier molecular flexibility index (Phi) is 35.5. The van der Waals surface area contributed by atoms with Gasteiger partial charge in [0.1, 0.15) is 23.0 Å².